The number of benzene rings is 1. The number of alkyl halides is 1. The summed E-state index contributed by atoms with van der Waals surface area (Å²) in [7, 11) is 0. The number of hydrogen-bond donors (Lipinski definition) is 1. The summed E-state index contributed by atoms with van der Waals surface area (Å²) in [6.45, 7) is 1.53. The lowest BCUT2D eigenvalue weighted by atomic mass is 10.1. The fourth-order valence-corrected chi connectivity index (χ4v) is 4.75. The minimum absolute atomic E-state index is 0.00738. The Hall–Kier alpha value is -3.33. The third-order valence-corrected chi connectivity index (χ3v) is 6.39. The van der Waals surface area contributed by atoms with Crippen LogP contribution in [-0.2, 0) is 11.3 Å². The van der Waals surface area contributed by atoms with E-state index in [1.165, 1.54) is 11.8 Å². The standard InChI is InChI=1S/C24H21BrFN5O2/c1-14(32)17-12-30(20-7-3-2-5-16(17)20)13-23(33)31-11-15(26)9-21(31)24-27-10-19(29-24)18-6-4-8-22(25)28-18/h2-8,10,12,15,21H,9,11,13H2,1H3,(H,27,29). The van der Waals surface area contributed by atoms with Crippen molar-refractivity contribution in [2.75, 3.05) is 6.54 Å². The van der Waals surface area contributed by atoms with Gasteiger partial charge in [0, 0.05) is 29.1 Å². The van der Waals surface area contributed by atoms with Gasteiger partial charge in [-0.15, -0.1) is 0 Å². The molecule has 0 spiro atoms. The van der Waals surface area contributed by atoms with Crippen LogP contribution >= 0.6 is 15.9 Å². The van der Waals surface area contributed by atoms with Gasteiger partial charge in [-0.25, -0.2) is 14.4 Å². The van der Waals surface area contributed by atoms with Crippen LogP contribution in [0.4, 0.5) is 4.39 Å². The van der Waals surface area contributed by atoms with E-state index in [1.807, 2.05) is 42.5 Å². The predicted molar refractivity (Wildman–Crippen MR) is 125 cm³/mol. The fourth-order valence-electron chi connectivity index (χ4n) is 4.41. The number of para-hydroxylation sites is 1. The highest BCUT2D eigenvalue weighted by molar-refractivity contribution is 9.10. The lowest BCUT2D eigenvalue weighted by Crippen LogP contribution is -2.34. The van der Waals surface area contributed by atoms with E-state index in [0.717, 1.165) is 10.9 Å². The van der Waals surface area contributed by atoms with Crippen molar-refractivity contribution >= 4 is 38.5 Å². The number of likely N-dealkylation sites (tertiary alicyclic amines) is 1. The largest absolute Gasteiger partial charge is 0.339 e. The van der Waals surface area contributed by atoms with Crippen molar-refractivity contribution in [3.8, 4) is 11.4 Å². The zero-order chi connectivity index (χ0) is 23.1. The molecule has 1 aromatic carbocycles. The van der Waals surface area contributed by atoms with Crippen molar-refractivity contribution in [2.24, 2.45) is 0 Å². The van der Waals surface area contributed by atoms with Gasteiger partial charge in [-0.1, -0.05) is 24.3 Å². The molecule has 3 aromatic heterocycles. The van der Waals surface area contributed by atoms with E-state index in [4.69, 9.17) is 0 Å². The molecule has 1 aliphatic rings. The van der Waals surface area contributed by atoms with Crippen LogP contribution in [0, 0.1) is 0 Å². The molecule has 5 rings (SSSR count). The highest BCUT2D eigenvalue weighted by Crippen LogP contribution is 2.34. The Morgan fingerprint density at radius 2 is 2.03 bits per heavy atom. The molecule has 2 atom stereocenters. The molecular formula is C24H21BrFN5O2. The number of fused-ring (bicyclic) bond motifs is 1. The number of Topliss-reactive ketones (excluding diaryl/α,β-unsaturated/α-hetero) is 1. The molecule has 1 amide bonds. The first-order valence-corrected chi connectivity index (χ1v) is 11.4. The van der Waals surface area contributed by atoms with Gasteiger partial charge in [-0.2, -0.15) is 0 Å². The topological polar surface area (TPSA) is 83.9 Å². The molecule has 2 unspecified atom stereocenters. The van der Waals surface area contributed by atoms with Crippen molar-refractivity contribution < 1.29 is 14.0 Å². The molecule has 0 radical (unpaired) electrons. The summed E-state index contributed by atoms with van der Waals surface area (Å²) in [6, 6.07) is 12.5. The van der Waals surface area contributed by atoms with Crippen LogP contribution in [0.25, 0.3) is 22.3 Å². The number of ketones is 1. The van der Waals surface area contributed by atoms with E-state index >= 15 is 0 Å². The van der Waals surface area contributed by atoms with Crippen LogP contribution in [0.1, 0.15) is 35.6 Å². The van der Waals surface area contributed by atoms with Crippen molar-refractivity contribution in [1.29, 1.82) is 0 Å². The van der Waals surface area contributed by atoms with Crippen molar-refractivity contribution in [2.45, 2.75) is 32.1 Å². The summed E-state index contributed by atoms with van der Waals surface area (Å²) < 4.78 is 16.9. The zero-order valence-electron chi connectivity index (χ0n) is 17.8. The minimum Gasteiger partial charge on any atom is -0.339 e. The first kappa shape index (κ1) is 21.5. The van der Waals surface area contributed by atoms with Crippen LogP contribution < -0.4 is 0 Å². The van der Waals surface area contributed by atoms with Crippen molar-refractivity contribution in [3.63, 3.8) is 0 Å². The molecular weight excluding hydrogens is 489 g/mol. The number of amides is 1. The zero-order valence-corrected chi connectivity index (χ0v) is 19.4. The third-order valence-electron chi connectivity index (χ3n) is 5.95. The first-order chi connectivity index (χ1) is 15.9. The van der Waals surface area contributed by atoms with Crippen LogP contribution in [0.3, 0.4) is 0 Å². The molecule has 168 valence electrons. The monoisotopic (exact) mass is 509 g/mol. The van der Waals surface area contributed by atoms with E-state index < -0.39 is 12.2 Å². The number of nitrogens with one attached hydrogen (secondary N) is 1. The van der Waals surface area contributed by atoms with E-state index in [2.05, 4.69) is 30.9 Å². The first-order valence-electron chi connectivity index (χ1n) is 10.6. The van der Waals surface area contributed by atoms with Gasteiger partial charge in [0.1, 0.15) is 23.1 Å². The molecule has 4 heterocycles. The number of halogens is 2. The highest BCUT2D eigenvalue weighted by Gasteiger charge is 2.38. The van der Waals surface area contributed by atoms with E-state index in [9.17, 15) is 14.0 Å². The molecule has 0 aliphatic carbocycles. The molecule has 1 saturated heterocycles. The third kappa shape index (κ3) is 4.08. The molecule has 9 heteroatoms. The Balaban J connectivity index is 1.42. The van der Waals surface area contributed by atoms with E-state index in [0.29, 0.717) is 27.4 Å². The van der Waals surface area contributed by atoms with E-state index in [1.54, 1.807) is 17.0 Å². The lowest BCUT2D eigenvalue weighted by molar-refractivity contribution is -0.133. The van der Waals surface area contributed by atoms with Gasteiger partial charge >= 0.3 is 0 Å². The number of aromatic amines is 1. The number of H-pyrrole nitrogens is 1. The molecule has 0 bridgehead atoms. The average Bonchev–Trinajstić information content (AvgIpc) is 3.51. The van der Waals surface area contributed by atoms with Gasteiger partial charge in [-0.05, 0) is 41.1 Å². The number of carbonyl (C=O) groups excluding carboxylic acids is 2. The maximum atomic E-state index is 14.4. The lowest BCUT2D eigenvalue weighted by Gasteiger charge is -2.23. The average molecular weight is 510 g/mol. The number of hydrogen-bond acceptors (Lipinski definition) is 4. The number of nitrogens with zero attached hydrogens (tertiary/aromatic N) is 4. The predicted octanol–water partition coefficient (Wildman–Crippen LogP) is 4.70. The second-order valence-electron chi connectivity index (χ2n) is 8.17. The summed E-state index contributed by atoms with van der Waals surface area (Å²) in [5.41, 5.74) is 2.76. The summed E-state index contributed by atoms with van der Waals surface area (Å²) in [6.07, 6.45) is 2.39. The molecule has 0 saturated carbocycles. The smallest absolute Gasteiger partial charge is 0.243 e. The Kier molecular flexibility index (Phi) is 5.57. The quantitative estimate of drug-likeness (QED) is 0.312. The maximum absolute atomic E-state index is 14.4. The molecule has 1 fully saturated rings. The number of imidazole rings is 1. The van der Waals surface area contributed by atoms with Gasteiger partial charge in [-0.3, -0.25) is 9.59 Å². The van der Waals surface area contributed by atoms with Crippen LogP contribution in [-0.4, -0.2) is 48.8 Å². The SMILES string of the molecule is CC(=O)c1cn(CC(=O)N2CC(F)CC2c2ncc(-c3cccc(Br)n3)[nH]2)c2ccccc12. The summed E-state index contributed by atoms with van der Waals surface area (Å²) in [5.74, 6) is 0.237. The van der Waals surface area contributed by atoms with Crippen LogP contribution in [0.5, 0.6) is 0 Å². The Labute approximate surface area is 197 Å². The number of aromatic nitrogens is 4. The Morgan fingerprint density at radius 3 is 2.82 bits per heavy atom. The second-order valence-corrected chi connectivity index (χ2v) is 8.98. The molecule has 7 nitrogen and oxygen atoms in total. The van der Waals surface area contributed by atoms with Gasteiger partial charge in [0.15, 0.2) is 5.78 Å². The summed E-state index contributed by atoms with van der Waals surface area (Å²) in [5, 5.41) is 0.802. The second kappa shape index (κ2) is 8.55. The summed E-state index contributed by atoms with van der Waals surface area (Å²) >= 11 is 3.36. The highest BCUT2D eigenvalue weighted by atomic mass is 79.9. The maximum Gasteiger partial charge on any atom is 0.243 e. The molecule has 4 aromatic rings. The Morgan fingerprint density at radius 1 is 1.21 bits per heavy atom. The van der Waals surface area contributed by atoms with Gasteiger partial charge in [0.2, 0.25) is 5.91 Å². The van der Waals surface area contributed by atoms with Crippen molar-refractivity contribution in [3.05, 3.63) is 70.8 Å². The van der Waals surface area contributed by atoms with E-state index in [-0.39, 0.29) is 31.2 Å². The fraction of sp³-hybridized carbons (Fsp3) is 0.250. The molecule has 1 aliphatic heterocycles. The number of carbonyl (C=O) groups is 2. The number of rotatable bonds is 5. The van der Waals surface area contributed by atoms with Crippen LogP contribution in [0.15, 0.2) is 59.5 Å². The normalized spacial score (nSPS) is 18.2. The molecule has 33 heavy (non-hydrogen) atoms. The molecule has 1 N–H and O–H groups in total. The van der Waals surface area contributed by atoms with Gasteiger partial charge < -0.3 is 14.5 Å². The number of pyridine rings is 1. The van der Waals surface area contributed by atoms with Gasteiger partial charge in [0.05, 0.1) is 30.2 Å². The van der Waals surface area contributed by atoms with Gasteiger partial charge in [0.25, 0.3) is 0 Å². The minimum atomic E-state index is -1.13. The van der Waals surface area contributed by atoms with Crippen molar-refractivity contribution in [1.82, 2.24) is 24.4 Å². The summed E-state index contributed by atoms with van der Waals surface area (Å²) in [4.78, 5) is 38.9. The van der Waals surface area contributed by atoms with Crippen LogP contribution in [0.2, 0.25) is 0 Å². The Bertz CT molecular complexity index is 1360.